The second-order valence-electron chi connectivity index (χ2n) is 8.55. The monoisotopic (exact) mass is 432 g/mol. The second kappa shape index (κ2) is 8.08. The normalized spacial score (nSPS) is 11.6. The highest BCUT2D eigenvalue weighted by Gasteiger charge is 2.18. The number of benzene rings is 3. The van der Waals surface area contributed by atoms with E-state index in [-0.39, 0.29) is 23.3 Å². The van der Waals surface area contributed by atoms with E-state index in [9.17, 15) is 15.0 Å². The first-order valence-electron chi connectivity index (χ1n) is 10.0. The summed E-state index contributed by atoms with van der Waals surface area (Å²) in [5.74, 6) is -0.767. The van der Waals surface area contributed by atoms with E-state index in [0.717, 1.165) is 20.5 Å². The maximum atomic E-state index is 11.7. The average Bonchev–Trinajstić information content (AvgIpc) is 3.16. The first-order valence-corrected chi connectivity index (χ1v) is 10.9. The van der Waals surface area contributed by atoms with Crippen molar-refractivity contribution in [1.29, 1.82) is 0 Å². The first kappa shape index (κ1) is 20.9. The van der Waals surface area contributed by atoms with Gasteiger partial charge in [-0.05, 0) is 58.3 Å². The van der Waals surface area contributed by atoms with Crippen LogP contribution >= 0.6 is 11.3 Å². The molecule has 0 fully saturated rings. The lowest BCUT2D eigenvalue weighted by Crippen LogP contribution is -2.10. The summed E-state index contributed by atoms with van der Waals surface area (Å²) in [5, 5.41) is 21.2. The zero-order valence-corrected chi connectivity index (χ0v) is 18.5. The largest absolute Gasteiger partial charge is 0.507 e. The van der Waals surface area contributed by atoms with Crippen molar-refractivity contribution in [3.8, 4) is 21.9 Å². The Labute approximate surface area is 185 Å². The number of phenols is 1. The van der Waals surface area contributed by atoms with Gasteiger partial charge in [0.25, 0.3) is 0 Å². The molecule has 31 heavy (non-hydrogen) atoms. The Morgan fingerprint density at radius 2 is 1.71 bits per heavy atom. The lowest BCUT2D eigenvalue weighted by Gasteiger charge is -2.19. The molecule has 4 nitrogen and oxygen atoms in total. The smallest absolute Gasteiger partial charge is 0.339 e. The Hall–Kier alpha value is -3.31. The minimum Gasteiger partial charge on any atom is -0.507 e. The van der Waals surface area contributed by atoms with Crippen LogP contribution in [0.15, 0.2) is 66.7 Å². The molecule has 0 aliphatic heterocycles. The number of aromatic carboxylic acids is 1. The van der Waals surface area contributed by atoms with E-state index in [2.05, 4.69) is 20.8 Å². The van der Waals surface area contributed by atoms with Crippen LogP contribution in [0.1, 0.15) is 42.3 Å². The van der Waals surface area contributed by atoms with E-state index in [1.807, 2.05) is 54.6 Å². The van der Waals surface area contributed by atoms with Crippen LogP contribution in [0.4, 0.5) is 0 Å². The number of ether oxygens (including phenoxy) is 1. The fourth-order valence-corrected chi connectivity index (χ4v) is 4.50. The van der Waals surface area contributed by atoms with Crippen LogP contribution in [0.5, 0.6) is 11.5 Å². The van der Waals surface area contributed by atoms with E-state index < -0.39 is 5.97 Å². The van der Waals surface area contributed by atoms with Gasteiger partial charge >= 0.3 is 5.97 Å². The highest BCUT2D eigenvalue weighted by Crippen LogP contribution is 2.37. The summed E-state index contributed by atoms with van der Waals surface area (Å²) in [7, 11) is 0. The Bertz CT molecular complexity index is 1210. The number of carbonyl (C=O) groups is 1. The highest BCUT2D eigenvalue weighted by molar-refractivity contribution is 7.22. The minimum absolute atomic E-state index is 0.0474. The summed E-state index contributed by atoms with van der Waals surface area (Å²) in [4.78, 5) is 12.7. The van der Waals surface area contributed by atoms with Crippen LogP contribution in [0.25, 0.3) is 20.5 Å². The third-order valence-corrected chi connectivity index (χ3v) is 6.41. The van der Waals surface area contributed by atoms with Crippen LogP contribution in [0, 0.1) is 0 Å². The van der Waals surface area contributed by atoms with E-state index in [0.29, 0.717) is 11.3 Å². The van der Waals surface area contributed by atoms with Crippen molar-refractivity contribution in [2.24, 2.45) is 0 Å². The van der Waals surface area contributed by atoms with Crippen LogP contribution in [-0.4, -0.2) is 16.2 Å². The molecule has 0 unspecified atom stereocenters. The number of carboxylic acids is 1. The number of hydrogen-bond acceptors (Lipinski definition) is 4. The summed E-state index contributed by atoms with van der Waals surface area (Å²) in [6.45, 7) is 6.51. The number of aromatic hydroxyl groups is 1. The molecule has 0 atom stereocenters. The number of carboxylic acid groups (broad SMARTS) is 1. The van der Waals surface area contributed by atoms with Crippen LogP contribution in [-0.2, 0) is 12.0 Å². The quantitative estimate of drug-likeness (QED) is 0.362. The molecule has 158 valence electrons. The van der Waals surface area contributed by atoms with Gasteiger partial charge in [-0.1, -0.05) is 51.1 Å². The molecular formula is C26H24O4S. The summed E-state index contributed by atoms with van der Waals surface area (Å²) in [6, 6.07) is 21.2. The Balaban J connectivity index is 1.66. The minimum atomic E-state index is -1.17. The third-order valence-electron chi connectivity index (χ3n) is 5.24. The maximum absolute atomic E-state index is 11.7. The highest BCUT2D eigenvalue weighted by atomic mass is 32.1. The third kappa shape index (κ3) is 4.42. The van der Waals surface area contributed by atoms with Crippen molar-refractivity contribution < 1.29 is 19.7 Å². The lowest BCUT2D eigenvalue weighted by atomic mass is 9.87. The molecule has 5 heteroatoms. The lowest BCUT2D eigenvalue weighted by molar-refractivity contribution is 0.0693. The average molecular weight is 433 g/mol. The predicted molar refractivity (Wildman–Crippen MR) is 125 cm³/mol. The zero-order valence-electron chi connectivity index (χ0n) is 17.7. The molecule has 1 heterocycles. The maximum Gasteiger partial charge on any atom is 0.339 e. The first-order chi connectivity index (χ1) is 14.7. The van der Waals surface area contributed by atoms with Crippen LogP contribution < -0.4 is 4.74 Å². The summed E-state index contributed by atoms with van der Waals surface area (Å²) in [5.41, 5.74) is 2.30. The molecule has 0 saturated carbocycles. The van der Waals surface area contributed by atoms with Gasteiger partial charge in [0.2, 0.25) is 0 Å². The van der Waals surface area contributed by atoms with Gasteiger partial charge in [-0.25, -0.2) is 4.79 Å². The van der Waals surface area contributed by atoms with Crippen molar-refractivity contribution in [2.45, 2.75) is 32.8 Å². The molecule has 0 saturated heterocycles. The molecule has 2 N–H and O–H groups in total. The van der Waals surface area contributed by atoms with Crippen molar-refractivity contribution in [3.05, 3.63) is 83.4 Å². The molecule has 0 bridgehead atoms. The van der Waals surface area contributed by atoms with Gasteiger partial charge in [0, 0.05) is 15.1 Å². The Morgan fingerprint density at radius 3 is 2.35 bits per heavy atom. The van der Waals surface area contributed by atoms with E-state index in [1.54, 1.807) is 17.4 Å². The zero-order chi connectivity index (χ0) is 22.2. The van der Waals surface area contributed by atoms with Crippen molar-refractivity contribution in [1.82, 2.24) is 0 Å². The second-order valence-corrected chi connectivity index (χ2v) is 9.63. The van der Waals surface area contributed by atoms with E-state index in [4.69, 9.17) is 4.74 Å². The molecule has 0 amide bonds. The van der Waals surface area contributed by atoms with E-state index in [1.165, 1.54) is 11.6 Å². The fourth-order valence-electron chi connectivity index (χ4n) is 3.45. The number of thiophene rings is 1. The topological polar surface area (TPSA) is 66.8 Å². The van der Waals surface area contributed by atoms with Gasteiger partial charge in [0.05, 0.1) is 0 Å². The Morgan fingerprint density at radius 1 is 1.00 bits per heavy atom. The molecule has 0 aliphatic carbocycles. The van der Waals surface area contributed by atoms with Crippen molar-refractivity contribution >= 4 is 27.4 Å². The molecule has 1 aromatic heterocycles. The molecule has 4 aromatic rings. The summed E-state index contributed by atoms with van der Waals surface area (Å²) >= 11 is 1.59. The molecule has 0 spiro atoms. The number of rotatable bonds is 5. The molecule has 0 radical (unpaired) electrons. The van der Waals surface area contributed by atoms with Crippen molar-refractivity contribution in [3.63, 3.8) is 0 Å². The van der Waals surface area contributed by atoms with Gasteiger partial charge in [-0.3, -0.25) is 0 Å². The van der Waals surface area contributed by atoms with Crippen LogP contribution in [0.3, 0.4) is 0 Å². The summed E-state index contributed by atoms with van der Waals surface area (Å²) in [6.07, 6.45) is 0. The fraction of sp³-hybridized carbons (Fsp3) is 0.192. The van der Waals surface area contributed by atoms with Gasteiger partial charge in [-0.15, -0.1) is 11.3 Å². The molecule has 4 rings (SSSR count). The van der Waals surface area contributed by atoms with E-state index >= 15 is 0 Å². The molecular weight excluding hydrogens is 408 g/mol. The van der Waals surface area contributed by atoms with Gasteiger partial charge in [0.15, 0.2) is 0 Å². The number of fused-ring (bicyclic) bond motifs is 1. The Kier molecular flexibility index (Phi) is 5.46. The predicted octanol–water partition coefficient (Wildman–Crippen LogP) is 6.85. The molecule has 0 aliphatic rings. The number of hydrogen-bond donors (Lipinski definition) is 2. The standard InChI is InChI=1S/C26H24O4S/c1-26(2,3)19-8-10-20(11-9-19)30-15-18-12-17(13-21(24(18)27)25(28)29)23-14-16-6-4-5-7-22(16)31-23/h4-14,27H,15H2,1-3H3,(H,28,29). The van der Waals surface area contributed by atoms with Gasteiger partial charge in [0.1, 0.15) is 23.7 Å². The van der Waals surface area contributed by atoms with Crippen molar-refractivity contribution in [2.75, 3.05) is 0 Å². The van der Waals surface area contributed by atoms with Gasteiger partial charge in [-0.2, -0.15) is 0 Å². The van der Waals surface area contributed by atoms with Crippen LogP contribution in [0.2, 0.25) is 0 Å². The summed E-state index contributed by atoms with van der Waals surface area (Å²) < 4.78 is 7.00. The SMILES string of the molecule is CC(C)(C)c1ccc(OCc2cc(-c3cc4ccccc4s3)cc(C(=O)O)c2O)cc1. The molecule has 3 aromatic carbocycles. The van der Waals surface area contributed by atoms with Gasteiger partial charge < -0.3 is 14.9 Å².